The number of aryl methyl sites for hydroxylation is 1. The van der Waals surface area contributed by atoms with E-state index in [1.165, 1.54) is 16.0 Å². The molecule has 0 atom stereocenters. The maximum absolute atomic E-state index is 12.3. The molecule has 116 valence electrons. The number of halogens is 3. The number of nitrogens with two attached hydrogens (primary N) is 1. The first-order chi connectivity index (χ1) is 9.76. The summed E-state index contributed by atoms with van der Waals surface area (Å²) >= 11 is 0. The highest BCUT2D eigenvalue weighted by molar-refractivity contribution is 5.95. The van der Waals surface area contributed by atoms with Crippen molar-refractivity contribution in [3.8, 4) is 0 Å². The number of hydrogen-bond acceptors (Lipinski definition) is 5. The van der Waals surface area contributed by atoms with Gasteiger partial charge in [-0.3, -0.25) is 9.69 Å². The standard InChI is InChI=1S/C12H16F3N5O/c1-8-9(6-17-11(16)18-8)10(21)20-4-2-19(3-5-20)7-12(13,14)15/h6H,2-5,7H2,1H3,(H2,16,17,18). The monoisotopic (exact) mass is 303 g/mol. The molecule has 0 unspecified atom stereocenters. The number of piperazine rings is 1. The lowest BCUT2D eigenvalue weighted by Gasteiger charge is -2.35. The number of anilines is 1. The van der Waals surface area contributed by atoms with Gasteiger partial charge in [0.05, 0.1) is 17.8 Å². The number of hydrogen-bond donors (Lipinski definition) is 1. The highest BCUT2D eigenvalue weighted by atomic mass is 19.4. The topological polar surface area (TPSA) is 75.3 Å². The minimum atomic E-state index is -4.21. The molecule has 1 fully saturated rings. The summed E-state index contributed by atoms with van der Waals surface area (Å²) in [6.07, 6.45) is -2.87. The molecule has 0 aliphatic carbocycles. The van der Waals surface area contributed by atoms with Crippen LogP contribution in [0.4, 0.5) is 19.1 Å². The Balaban J connectivity index is 1.97. The Morgan fingerprint density at radius 3 is 2.48 bits per heavy atom. The molecule has 2 rings (SSSR count). The number of aromatic nitrogens is 2. The van der Waals surface area contributed by atoms with Gasteiger partial charge >= 0.3 is 6.18 Å². The van der Waals surface area contributed by atoms with E-state index in [0.717, 1.165) is 0 Å². The lowest BCUT2D eigenvalue weighted by molar-refractivity contribution is -0.148. The molecule has 1 aromatic heterocycles. The highest BCUT2D eigenvalue weighted by Crippen LogP contribution is 2.18. The average molecular weight is 303 g/mol. The predicted octanol–water partition coefficient (Wildman–Crippen LogP) is 0.687. The summed E-state index contributed by atoms with van der Waals surface area (Å²) < 4.78 is 36.9. The zero-order valence-electron chi connectivity index (χ0n) is 11.5. The van der Waals surface area contributed by atoms with Crippen LogP contribution in [0.3, 0.4) is 0 Å². The first kappa shape index (κ1) is 15.5. The molecule has 6 nitrogen and oxygen atoms in total. The van der Waals surface area contributed by atoms with Crippen LogP contribution >= 0.6 is 0 Å². The molecule has 0 spiro atoms. The molecule has 1 saturated heterocycles. The molecule has 1 aliphatic rings. The summed E-state index contributed by atoms with van der Waals surface area (Å²) in [5, 5.41) is 0. The van der Waals surface area contributed by atoms with E-state index < -0.39 is 12.7 Å². The van der Waals surface area contributed by atoms with Crippen molar-refractivity contribution in [3.05, 3.63) is 17.5 Å². The van der Waals surface area contributed by atoms with Crippen LogP contribution < -0.4 is 5.73 Å². The van der Waals surface area contributed by atoms with Gasteiger partial charge in [-0.1, -0.05) is 0 Å². The van der Waals surface area contributed by atoms with Gasteiger partial charge in [0.15, 0.2) is 0 Å². The van der Waals surface area contributed by atoms with Crippen molar-refractivity contribution >= 4 is 11.9 Å². The van der Waals surface area contributed by atoms with Crippen LogP contribution in [0.25, 0.3) is 0 Å². The zero-order chi connectivity index (χ0) is 15.6. The third-order valence-corrected chi connectivity index (χ3v) is 3.29. The molecule has 1 aliphatic heterocycles. The third-order valence-electron chi connectivity index (χ3n) is 3.29. The van der Waals surface area contributed by atoms with E-state index in [1.807, 2.05) is 0 Å². The third kappa shape index (κ3) is 4.03. The fourth-order valence-electron chi connectivity index (χ4n) is 2.23. The van der Waals surface area contributed by atoms with E-state index >= 15 is 0 Å². The van der Waals surface area contributed by atoms with Crippen LogP contribution in [0.2, 0.25) is 0 Å². The number of carbonyl (C=O) groups excluding carboxylic acids is 1. The fraction of sp³-hybridized carbons (Fsp3) is 0.583. The molecule has 0 radical (unpaired) electrons. The normalized spacial score (nSPS) is 17.0. The quantitative estimate of drug-likeness (QED) is 0.870. The van der Waals surface area contributed by atoms with Gasteiger partial charge in [-0.2, -0.15) is 13.2 Å². The Labute approximate surface area is 119 Å². The van der Waals surface area contributed by atoms with Gasteiger partial charge in [0.2, 0.25) is 5.95 Å². The van der Waals surface area contributed by atoms with Gasteiger partial charge in [-0.05, 0) is 6.92 Å². The summed E-state index contributed by atoms with van der Waals surface area (Å²) in [6, 6.07) is 0. The molecular weight excluding hydrogens is 287 g/mol. The lowest BCUT2D eigenvalue weighted by atomic mass is 10.2. The SMILES string of the molecule is Cc1nc(N)ncc1C(=O)N1CCN(CC(F)(F)F)CC1. The van der Waals surface area contributed by atoms with E-state index in [4.69, 9.17) is 5.73 Å². The molecule has 9 heteroatoms. The predicted molar refractivity (Wildman–Crippen MR) is 69.6 cm³/mol. The second kappa shape index (κ2) is 5.84. The van der Waals surface area contributed by atoms with Crippen molar-refractivity contribution in [3.63, 3.8) is 0 Å². The molecule has 2 heterocycles. The lowest BCUT2D eigenvalue weighted by Crippen LogP contribution is -2.51. The van der Waals surface area contributed by atoms with Crippen molar-refractivity contribution in [1.29, 1.82) is 0 Å². The van der Waals surface area contributed by atoms with E-state index in [0.29, 0.717) is 11.3 Å². The summed E-state index contributed by atoms with van der Waals surface area (Å²) in [5.41, 5.74) is 6.21. The summed E-state index contributed by atoms with van der Waals surface area (Å²) in [4.78, 5) is 22.8. The number of alkyl halides is 3. The molecule has 2 N–H and O–H groups in total. The van der Waals surface area contributed by atoms with Gasteiger partial charge in [0, 0.05) is 32.4 Å². The van der Waals surface area contributed by atoms with Crippen molar-refractivity contribution in [2.75, 3.05) is 38.5 Å². The Morgan fingerprint density at radius 2 is 1.95 bits per heavy atom. The summed E-state index contributed by atoms with van der Waals surface area (Å²) in [6.45, 7) is 1.59. The van der Waals surface area contributed by atoms with E-state index in [1.54, 1.807) is 6.92 Å². The minimum Gasteiger partial charge on any atom is -0.368 e. The fourth-order valence-corrected chi connectivity index (χ4v) is 2.23. The van der Waals surface area contributed by atoms with E-state index in [2.05, 4.69) is 9.97 Å². The molecule has 0 bridgehead atoms. The largest absolute Gasteiger partial charge is 0.401 e. The number of nitrogen functional groups attached to an aromatic ring is 1. The second-order valence-corrected chi connectivity index (χ2v) is 4.91. The smallest absolute Gasteiger partial charge is 0.368 e. The molecule has 1 aromatic rings. The van der Waals surface area contributed by atoms with Crippen molar-refractivity contribution < 1.29 is 18.0 Å². The Bertz CT molecular complexity index is 526. The minimum absolute atomic E-state index is 0.0825. The zero-order valence-corrected chi connectivity index (χ0v) is 11.5. The summed E-state index contributed by atoms with van der Waals surface area (Å²) in [7, 11) is 0. The van der Waals surface area contributed by atoms with Crippen LogP contribution in [0, 0.1) is 6.92 Å². The van der Waals surface area contributed by atoms with Crippen LogP contribution in [0.1, 0.15) is 16.1 Å². The number of nitrogens with zero attached hydrogens (tertiary/aromatic N) is 4. The van der Waals surface area contributed by atoms with Gasteiger partial charge in [0.1, 0.15) is 0 Å². The van der Waals surface area contributed by atoms with Crippen LogP contribution in [-0.4, -0.2) is 64.6 Å². The Morgan fingerprint density at radius 1 is 1.33 bits per heavy atom. The Hall–Kier alpha value is -1.90. The number of rotatable bonds is 2. The Kier molecular flexibility index (Phi) is 4.31. The summed E-state index contributed by atoms with van der Waals surface area (Å²) in [5.74, 6) is -0.196. The maximum atomic E-state index is 12.3. The molecule has 21 heavy (non-hydrogen) atoms. The molecule has 0 saturated carbocycles. The van der Waals surface area contributed by atoms with Crippen LogP contribution in [0.5, 0.6) is 0 Å². The van der Waals surface area contributed by atoms with E-state index in [-0.39, 0.29) is 38.0 Å². The first-order valence-corrected chi connectivity index (χ1v) is 6.44. The van der Waals surface area contributed by atoms with Crippen LogP contribution in [-0.2, 0) is 0 Å². The van der Waals surface area contributed by atoms with Crippen molar-refractivity contribution in [2.24, 2.45) is 0 Å². The van der Waals surface area contributed by atoms with Crippen molar-refractivity contribution in [2.45, 2.75) is 13.1 Å². The molecule has 0 aromatic carbocycles. The van der Waals surface area contributed by atoms with Crippen LogP contribution in [0.15, 0.2) is 6.20 Å². The van der Waals surface area contributed by atoms with Gasteiger partial charge in [0.25, 0.3) is 5.91 Å². The van der Waals surface area contributed by atoms with Gasteiger partial charge in [-0.25, -0.2) is 9.97 Å². The van der Waals surface area contributed by atoms with Crippen molar-refractivity contribution in [1.82, 2.24) is 19.8 Å². The second-order valence-electron chi connectivity index (χ2n) is 4.91. The van der Waals surface area contributed by atoms with Gasteiger partial charge in [-0.15, -0.1) is 0 Å². The molecule has 1 amide bonds. The van der Waals surface area contributed by atoms with E-state index in [9.17, 15) is 18.0 Å². The first-order valence-electron chi connectivity index (χ1n) is 6.44. The molecular formula is C12H16F3N5O. The average Bonchev–Trinajstić information content (AvgIpc) is 2.37. The maximum Gasteiger partial charge on any atom is 0.401 e. The highest BCUT2D eigenvalue weighted by Gasteiger charge is 2.33. The van der Waals surface area contributed by atoms with Gasteiger partial charge < -0.3 is 10.6 Å². The number of carbonyl (C=O) groups is 1. The number of amides is 1.